The first kappa shape index (κ1) is 47.5. The lowest BCUT2D eigenvalue weighted by Gasteiger charge is -2.41. The molecule has 66 heavy (non-hydrogen) atoms. The third-order valence-corrected chi connectivity index (χ3v) is 13.1. The van der Waals surface area contributed by atoms with Gasteiger partial charge in [0.25, 0.3) is 0 Å². The highest BCUT2D eigenvalue weighted by molar-refractivity contribution is 7.13. The van der Waals surface area contributed by atoms with E-state index < -0.39 is 59.9 Å². The van der Waals surface area contributed by atoms with Crippen molar-refractivity contribution in [3.63, 3.8) is 0 Å². The van der Waals surface area contributed by atoms with E-state index >= 15 is 0 Å². The molecule has 1 fully saturated rings. The molecule has 5 aromatic rings. The molecule has 4 heterocycles. The summed E-state index contributed by atoms with van der Waals surface area (Å²) < 4.78 is 5.64. The van der Waals surface area contributed by atoms with Crippen molar-refractivity contribution in [3.05, 3.63) is 124 Å². The zero-order valence-corrected chi connectivity index (χ0v) is 39.3. The van der Waals surface area contributed by atoms with Gasteiger partial charge in [0.05, 0.1) is 40.5 Å². The predicted octanol–water partition coefficient (Wildman–Crippen LogP) is 5.70. The van der Waals surface area contributed by atoms with Gasteiger partial charge in [0.15, 0.2) is 0 Å². The number of β-amino-alcohol motifs (C(OH)–C–C–N with tert-alkyl or cyclic N) is 1. The SMILES string of the molecule is Cc1cncc(C)c1-c1ccc2c(c1)C(c1ccccc1)N(CC(=O)NCCOCC(=O)N[C@H](C(=O)N1C[C@H](O)C[C@H]1C(=O)NCc1ccc(-c3scnc3C)cc1)C(C)(C)C)C(=O)N2C. The molecule has 3 aromatic carbocycles. The summed E-state index contributed by atoms with van der Waals surface area (Å²) in [4.78, 5) is 82.5. The highest BCUT2D eigenvalue weighted by Gasteiger charge is 2.44. The lowest BCUT2D eigenvalue weighted by Crippen LogP contribution is -2.58. The van der Waals surface area contributed by atoms with Gasteiger partial charge in [-0.15, -0.1) is 11.3 Å². The summed E-state index contributed by atoms with van der Waals surface area (Å²) in [5.74, 6) is -1.85. The summed E-state index contributed by atoms with van der Waals surface area (Å²) in [5.41, 5.74) is 10.5. The molecule has 0 aliphatic carbocycles. The van der Waals surface area contributed by atoms with E-state index in [0.29, 0.717) is 0 Å². The molecule has 0 radical (unpaired) electrons. The standard InChI is InChI=1S/C50H58N8O7S/c1-30-23-51-24-31(2)43(30)36-17-18-39-38(21-36)44(34-11-9-8-10-12-34)58(49(64)56(39)7)27-41(60)52-19-20-65-28-42(61)55-46(50(4,5)6)48(63)57-26-37(59)22-40(57)47(62)53-25-33-13-15-35(16-14-33)45-32(3)54-29-66-45/h8-18,21,23-24,29,37,40,44,46,59H,19-20,22,25-28H2,1-7H3,(H,52,60)(H,53,62)(H,55,61)/t37-,40+,44?,46-/m1/s1. The van der Waals surface area contributed by atoms with Crippen molar-refractivity contribution in [1.82, 2.24) is 35.7 Å². The Morgan fingerprint density at radius 2 is 1.62 bits per heavy atom. The number of hydrogen-bond acceptors (Lipinski definition) is 10. The van der Waals surface area contributed by atoms with E-state index in [1.807, 2.05) is 99.9 Å². The summed E-state index contributed by atoms with van der Waals surface area (Å²) in [6.45, 7) is 11.0. The average molecular weight is 915 g/mol. The first-order valence-electron chi connectivity index (χ1n) is 22.1. The fourth-order valence-electron chi connectivity index (χ4n) is 8.74. The molecule has 4 N–H and O–H groups in total. The molecule has 4 atom stereocenters. The number of aryl methyl sites for hydroxylation is 3. The van der Waals surface area contributed by atoms with Crippen molar-refractivity contribution in [2.24, 2.45) is 5.41 Å². The van der Waals surface area contributed by atoms with Crippen LogP contribution in [0.2, 0.25) is 0 Å². The van der Waals surface area contributed by atoms with Crippen LogP contribution in [-0.2, 0) is 30.5 Å². The Balaban J connectivity index is 0.926. The molecular formula is C50H58N8O7S. The number of nitrogens with one attached hydrogen (secondary N) is 3. The number of aliphatic hydroxyl groups is 1. The number of anilines is 1. The number of carbonyl (C=O) groups is 5. The van der Waals surface area contributed by atoms with Crippen molar-refractivity contribution in [2.75, 3.05) is 44.8 Å². The fourth-order valence-corrected chi connectivity index (χ4v) is 9.55. The Hall–Kier alpha value is -6.49. The van der Waals surface area contributed by atoms with Gasteiger partial charge >= 0.3 is 6.03 Å². The van der Waals surface area contributed by atoms with Gasteiger partial charge in [-0.05, 0) is 77.3 Å². The van der Waals surface area contributed by atoms with Crippen molar-refractivity contribution in [3.8, 4) is 21.6 Å². The quantitative estimate of drug-likeness (QED) is 0.0957. The highest BCUT2D eigenvalue weighted by Crippen LogP contribution is 2.42. The second kappa shape index (κ2) is 20.4. The van der Waals surface area contributed by atoms with Crippen LogP contribution in [0.25, 0.3) is 21.6 Å². The van der Waals surface area contributed by atoms with E-state index in [4.69, 9.17) is 4.74 Å². The van der Waals surface area contributed by atoms with Crippen molar-refractivity contribution in [1.29, 1.82) is 0 Å². The number of hydrogen-bond donors (Lipinski definition) is 4. The summed E-state index contributed by atoms with van der Waals surface area (Å²) in [6, 6.07) is 20.6. The van der Waals surface area contributed by atoms with Gasteiger partial charge < -0.3 is 35.6 Å². The molecule has 2 aliphatic heterocycles. The fraction of sp³-hybridized carbons (Fsp3) is 0.380. The van der Waals surface area contributed by atoms with Crippen LogP contribution in [0.3, 0.4) is 0 Å². The molecule has 0 spiro atoms. The Morgan fingerprint density at radius 3 is 2.29 bits per heavy atom. The van der Waals surface area contributed by atoms with E-state index in [-0.39, 0.29) is 45.2 Å². The zero-order chi connectivity index (χ0) is 47.3. The smallest absolute Gasteiger partial charge is 0.325 e. The van der Waals surface area contributed by atoms with Crippen molar-refractivity contribution in [2.45, 2.75) is 78.7 Å². The summed E-state index contributed by atoms with van der Waals surface area (Å²) in [7, 11) is 1.70. The minimum Gasteiger partial charge on any atom is -0.391 e. The molecule has 2 aromatic heterocycles. The molecule has 0 saturated carbocycles. The summed E-state index contributed by atoms with van der Waals surface area (Å²) in [5, 5.41) is 19.1. The van der Waals surface area contributed by atoms with Gasteiger partial charge in [-0.1, -0.05) is 81.4 Å². The van der Waals surface area contributed by atoms with Crippen molar-refractivity contribution >= 4 is 46.7 Å². The number of likely N-dealkylation sites (tertiary alicyclic amines) is 1. The topological polar surface area (TPSA) is 186 Å². The minimum atomic E-state index is -1.03. The summed E-state index contributed by atoms with van der Waals surface area (Å²) >= 11 is 1.56. The normalized spacial score (nSPS) is 17.6. The molecule has 0 bridgehead atoms. The number of benzene rings is 3. The van der Waals surface area contributed by atoms with Crippen LogP contribution in [0.15, 0.2) is 90.7 Å². The number of thiazole rings is 1. The first-order chi connectivity index (χ1) is 31.5. The van der Waals surface area contributed by atoms with Gasteiger partial charge in [-0.2, -0.15) is 0 Å². The molecule has 7 rings (SSSR count). The maximum absolute atomic E-state index is 14.1. The number of ether oxygens (including phenoxy) is 1. The number of rotatable bonds is 15. The van der Waals surface area contributed by atoms with E-state index in [2.05, 4.69) is 32.0 Å². The number of carbonyl (C=O) groups excluding carboxylic acids is 5. The third-order valence-electron chi connectivity index (χ3n) is 12.1. The van der Waals surface area contributed by atoms with Gasteiger partial charge in [0.1, 0.15) is 25.2 Å². The zero-order valence-electron chi connectivity index (χ0n) is 38.5. The molecule has 1 unspecified atom stereocenters. The second-order valence-electron chi connectivity index (χ2n) is 18.1. The van der Waals surface area contributed by atoms with E-state index in [0.717, 1.165) is 60.8 Å². The monoisotopic (exact) mass is 914 g/mol. The van der Waals surface area contributed by atoms with Crippen LogP contribution < -0.4 is 20.9 Å². The van der Waals surface area contributed by atoms with E-state index in [1.54, 1.807) is 54.5 Å². The van der Waals surface area contributed by atoms with Crippen LogP contribution in [0.4, 0.5) is 10.5 Å². The maximum atomic E-state index is 14.1. The van der Waals surface area contributed by atoms with Gasteiger partial charge in [0.2, 0.25) is 23.6 Å². The number of pyridine rings is 1. The Bertz CT molecular complexity index is 2560. The predicted molar refractivity (Wildman–Crippen MR) is 253 cm³/mol. The van der Waals surface area contributed by atoms with E-state index in [9.17, 15) is 29.1 Å². The first-order valence-corrected chi connectivity index (χ1v) is 22.9. The van der Waals surface area contributed by atoms with Crippen LogP contribution >= 0.6 is 11.3 Å². The van der Waals surface area contributed by atoms with Gasteiger partial charge in [0, 0.05) is 51.1 Å². The van der Waals surface area contributed by atoms with Crippen LogP contribution in [-0.4, -0.2) is 113 Å². The number of fused-ring (bicyclic) bond motifs is 1. The summed E-state index contributed by atoms with van der Waals surface area (Å²) in [6.07, 6.45) is 2.82. The Kier molecular flexibility index (Phi) is 14.6. The highest BCUT2D eigenvalue weighted by atomic mass is 32.1. The minimum absolute atomic E-state index is 0.0196. The van der Waals surface area contributed by atoms with Crippen LogP contribution in [0.5, 0.6) is 0 Å². The number of urea groups is 1. The Labute approximate surface area is 389 Å². The number of amides is 6. The van der Waals surface area contributed by atoms with Crippen LogP contribution in [0, 0.1) is 26.2 Å². The van der Waals surface area contributed by atoms with Gasteiger partial charge in [-0.25, -0.2) is 9.78 Å². The lowest BCUT2D eigenvalue weighted by molar-refractivity contribution is -0.144. The number of aliphatic hydroxyl groups excluding tert-OH is 1. The molecule has 16 heteroatoms. The molecule has 1 saturated heterocycles. The number of nitrogens with zero attached hydrogens (tertiary/aromatic N) is 5. The number of aromatic nitrogens is 2. The maximum Gasteiger partial charge on any atom is 0.325 e. The average Bonchev–Trinajstić information content (AvgIpc) is 3.91. The van der Waals surface area contributed by atoms with Crippen molar-refractivity contribution < 1.29 is 33.8 Å². The third kappa shape index (κ3) is 10.6. The molecule has 6 amide bonds. The lowest BCUT2D eigenvalue weighted by atomic mass is 9.85. The molecule has 346 valence electrons. The van der Waals surface area contributed by atoms with Crippen LogP contribution in [0.1, 0.15) is 66.7 Å². The molecular weight excluding hydrogens is 857 g/mol. The molecule has 2 aliphatic rings. The second-order valence-corrected chi connectivity index (χ2v) is 18.9. The van der Waals surface area contributed by atoms with E-state index in [1.165, 1.54) is 4.90 Å². The van der Waals surface area contributed by atoms with Gasteiger partial charge in [-0.3, -0.25) is 29.1 Å². The Morgan fingerprint density at radius 1 is 0.924 bits per heavy atom. The largest absolute Gasteiger partial charge is 0.391 e. The molecule has 15 nitrogen and oxygen atoms in total.